The van der Waals surface area contributed by atoms with Crippen molar-refractivity contribution in [1.82, 2.24) is 24.9 Å². The third-order valence-electron chi connectivity index (χ3n) is 5.43. The molecule has 0 aliphatic rings. The number of carbonyl (C=O) groups excluding carboxylic acids is 1. The van der Waals surface area contributed by atoms with Gasteiger partial charge in [-0.1, -0.05) is 18.2 Å². The van der Waals surface area contributed by atoms with Crippen LogP contribution in [0.1, 0.15) is 40.2 Å². The lowest BCUT2D eigenvalue weighted by atomic mass is 10.1. The maximum Gasteiger partial charge on any atom is 0.220 e. The molecule has 0 radical (unpaired) electrons. The van der Waals surface area contributed by atoms with Gasteiger partial charge in [0, 0.05) is 48.4 Å². The van der Waals surface area contributed by atoms with E-state index in [1.54, 1.807) is 12.4 Å². The lowest BCUT2D eigenvalue weighted by molar-refractivity contribution is -0.121. The van der Waals surface area contributed by atoms with Crippen LogP contribution < -0.4 is 10.1 Å². The first kappa shape index (κ1) is 21.5. The normalized spacial score (nSPS) is 11.0. The van der Waals surface area contributed by atoms with Gasteiger partial charge in [0.1, 0.15) is 12.4 Å². The fourth-order valence-electron chi connectivity index (χ4n) is 3.68. The van der Waals surface area contributed by atoms with Crippen LogP contribution in [-0.4, -0.2) is 25.5 Å². The van der Waals surface area contributed by atoms with Gasteiger partial charge >= 0.3 is 0 Å². The zero-order valence-electron chi connectivity index (χ0n) is 18.6. The van der Waals surface area contributed by atoms with Crippen molar-refractivity contribution in [1.29, 1.82) is 0 Å². The van der Waals surface area contributed by atoms with Crippen molar-refractivity contribution in [3.8, 4) is 5.75 Å². The van der Waals surface area contributed by atoms with Gasteiger partial charge in [-0.2, -0.15) is 5.10 Å². The van der Waals surface area contributed by atoms with Gasteiger partial charge in [0.2, 0.25) is 5.91 Å². The second kappa shape index (κ2) is 9.60. The third-order valence-corrected chi connectivity index (χ3v) is 5.43. The van der Waals surface area contributed by atoms with Gasteiger partial charge in [-0.25, -0.2) is 9.50 Å². The Hall–Kier alpha value is -3.74. The minimum atomic E-state index is 0.0115. The molecule has 1 amide bonds. The largest absolute Gasteiger partial charge is 0.489 e. The number of carbonyl (C=O) groups is 1. The van der Waals surface area contributed by atoms with E-state index in [1.807, 2.05) is 67.8 Å². The molecular formula is C25H27N5O2. The SMILES string of the molecule is Cc1cc2nc(C)c(CCC(=O)NCc3ccc(OCc4cccnc4)cc3)c(C)n2n1. The number of pyridine rings is 1. The van der Waals surface area contributed by atoms with E-state index in [1.165, 1.54) is 0 Å². The van der Waals surface area contributed by atoms with E-state index in [2.05, 4.69) is 20.4 Å². The number of hydrogen-bond donors (Lipinski definition) is 1. The second-order valence-corrected chi connectivity index (χ2v) is 7.89. The molecule has 164 valence electrons. The Balaban J connectivity index is 1.27. The molecule has 0 saturated heterocycles. The molecule has 1 aromatic carbocycles. The van der Waals surface area contributed by atoms with Gasteiger partial charge < -0.3 is 10.1 Å². The number of fused-ring (bicyclic) bond motifs is 1. The first-order valence-electron chi connectivity index (χ1n) is 10.7. The van der Waals surface area contributed by atoms with Crippen molar-refractivity contribution in [3.05, 3.63) is 88.6 Å². The number of amides is 1. The Morgan fingerprint density at radius 2 is 1.91 bits per heavy atom. The zero-order valence-corrected chi connectivity index (χ0v) is 18.6. The van der Waals surface area contributed by atoms with E-state index in [4.69, 9.17) is 4.74 Å². The molecular weight excluding hydrogens is 402 g/mol. The number of ether oxygens (including phenoxy) is 1. The summed E-state index contributed by atoms with van der Waals surface area (Å²) in [5.41, 5.74) is 6.88. The third kappa shape index (κ3) is 5.11. The number of rotatable bonds is 8. The molecule has 0 bridgehead atoms. The highest BCUT2D eigenvalue weighted by atomic mass is 16.5. The first-order valence-corrected chi connectivity index (χ1v) is 10.7. The summed E-state index contributed by atoms with van der Waals surface area (Å²) < 4.78 is 7.63. The van der Waals surface area contributed by atoms with Gasteiger partial charge in [0.05, 0.1) is 5.69 Å². The molecule has 7 heteroatoms. The van der Waals surface area contributed by atoms with Crippen LogP contribution in [0, 0.1) is 20.8 Å². The Kier molecular flexibility index (Phi) is 6.44. The number of aromatic nitrogens is 4. The van der Waals surface area contributed by atoms with Crippen molar-refractivity contribution in [2.24, 2.45) is 0 Å². The summed E-state index contributed by atoms with van der Waals surface area (Å²) >= 11 is 0. The van der Waals surface area contributed by atoms with Crippen molar-refractivity contribution in [2.45, 2.75) is 46.8 Å². The predicted molar refractivity (Wildman–Crippen MR) is 122 cm³/mol. The summed E-state index contributed by atoms with van der Waals surface area (Å²) in [5, 5.41) is 7.49. The van der Waals surface area contributed by atoms with Gasteiger partial charge in [0.15, 0.2) is 5.65 Å². The van der Waals surface area contributed by atoms with Gasteiger partial charge in [-0.3, -0.25) is 9.78 Å². The Bertz CT molecular complexity index is 1220. The van der Waals surface area contributed by atoms with E-state index in [0.29, 0.717) is 26.0 Å². The molecule has 0 atom stereocenters. The fraction of sp³-hybridized carbons (Fsp3) is 0.280. The van der Waals surface area contributed by atoms with Crippen LogP contribution in [0.5, 0.6) is 5.75 Å². The van der Waals surface area contributed by atoms with E-state index in [9.17, 15) is 4.79 Å². The summed E-state index contributed by atoms with van der Waals surface area (Å²) in [6.45, 7) is 6.92. The summed E-state index contributed by atoms with van der Waals surface area (Å²) in [4.78, 5) is 21.1. The van der Waals surface area contributed by atoms with Crippen LogP contribution in [0.25, 0.3) is 5.65 Å². The summed E-state index contributed by atoms with van der Waals surface area (Å²) in [6, 6.07) is 13.6. The lowest BCUT2D eigenvalue weighted by Crippen LogP contribution is -2.23. The number of hydrogen-bond acceptors (Lipinski definition) is 5. The quantitative estimate of drug-likeness (QED) is 0.460. The fourth-order valence-corrected chi connectivity index (χ4v) is 3.68. The van der Waals surface area contributed by atoms with Crippen LogP contribution in [0.4, 0.5) is 0 Å². The van der Waals surface area contributed by atoms with Gasteiger partial charge in [-0.15, -0.1) is 0 Å². The highest BCUT2D eigenvalue weighted by molar-refractivity contribution is 5.76. The molecule has 3 heterocycles. The average Bonchev–Trinajstić information content (AvgIpc) is 3.17. The van der Waals surface area contributed by atoms with Crippen LogP contribution in [0.3, 0.4) is 0 Å². The van der Waals surface area contributed by atoms with Crippen molar-refractivity contribution >= 4 is 11.6 Å². The minimum absolute atomic E-state index is 0.0115. The van der Waals surface area contributed by atoms with Crippen LogP contribution in [0.15, 0.2) is 54.9 Å². The number of aryl methyl sites for hydroxylation is 3. The molecule has 4 rings (SSSR count). The summed E-state index contributed by atoms with van der Waals surface area (Å²) in [7, 11) is 0. The zero-order chi connectivity index (χ0) is 22.5. The number of benzene rings is 1. The molecule has 32 heavy (non-hydrogen) atoms. The predicted octanol–water partition coefficient (Wildman–Crippen LogP) is 3.88. The Labute approximate surface area is 187 Å². The number of nitrogens with zero attached hydrogens (tertiary/aromatic N) is 4. The van der Waals surface area contributed by atoms with E-state index in [-0.39, 0.29) is 5.91 Å². The Morgan fingerprint density at radius 1 is 1.09 bits per heavy atom. The molecule has 4 aromatic rings. The van der Waals surface area contributed by atoms with Crippen molar-refractivity contribution in [2.75, 3.05) is 0 Å². The summed E-state index contributed by atoms with van der Waals surface area (Å²) in [6.07, 6.45) is 4.57. The van der Waals surface area contributed by atoms with Crippen molar-refractivity contribution < 1.29 is 9.53 Å². The monoisotopic (exact) mass is 429 g/mol. The van der Waals surface area contributed by atoms with Crippen LogP contribution in [0.2, 0.25) is 0 Å². The van der Waals surface area contributed by atoms with Crippen LogP contribution >= 0.6 is 0 Å². The molecule has 0 unspecified atom stereocenters. The molecule has 0 aliphatic carbocycles. The molecule has 0 aliphatic heterocycles. The topological polar surface area (TPSA) is 81.4 Å². The molecule has 7 nitrogen and oxygen atoms in total. The van der Waals surface area contributed by atoms with Crippen LogP contribution in [-0.2, 0) is 24.4 Å². The highest BCUT2D eigenvalue weighted by Crippen LogP contribution is 2.17. The van der Waals surface area contributed by atoms with Gasteiger partial charge in [-0.05, 0) is 56.5 Å². The Morgan fingerprint density at radius 3 is 2.66 bits per heavy atom. The maximum atomic E-state index is 12.4. The van der Waals surface area contributed by atoms with E-state index in [0.717, 1.165) is 45.2 Å². The van der Waals surface area contributed by atoms with E-state index < -0.39 is 0 Å². The standard InChI is InChI=1S/C25H27N5O2/c1-17-13-24-28-18(2)23(19(3)30(24)29-17)10-11-25(31)27-15-20-6-8-22(9-7-20)32-16-21-5-4-12-26-14-21/h4-9,12-14H,10-11,15-16H2,1-3H3,(H,27,31). The number of nitrogens with one attached hydrogen (secondary N) is 1. The summed E-state index contributed by atoms with van der Waals surface area (Å²) in [5.74, 6) is 0.795. The lowest BCUT2D eigenvalue weighted by Gasteiger charge is -2.11. The second-order valence-electron chi connectivity index (χ2n) is 7.89. The van der Waals surface area contributed by atoms with Crippen molar-refractivity contribution in [3.63, 3.8) is 0 Å². The molecule has 0 spiro atoms. The average molecular weight is 430 g/mol. The van der Waals surface area contributed by atoms with Gasteiger partial charge in [0.25, 0.3) is 0 Å². The smallest absolute Gasteiger partial charge is 0.220 e. The molecule has 0 fully saturated rings. The maximum absolute atomic E-state index is 12.4. The minimum Gasteiger partial charge on any atom is -0.489 e. The first-order chi connectivity index (χ1) is 15.5. The molecule has 3 aromatic heterocycles. The van der Waals surface area contributed by atoms with E-state index >= 15 is 0 Å². The molecule has 1 N–H and O–H groups in total. The molecule has 0 saturated carbocycles. The highest BCUT2D eigenvalue weighted by Gasteiger charge is 2.13.